The molecule has 108 valence electrons. The molecule has 3 aromatic carbocycles. The SMILES string of the molecule is O=C1c2cccc3c(Cl)ccc(c23)N1Cc1ccc(Cl)cc1. The zero-order valence-corrected chi connectivity index (χ0v) is 13.0. The van der Waals surface area contributed by atoms with Gasteiger partial charge in [0.2, 0.25) is 0 Å². The van der Waals surface area contributed by atoms with Crippen molar-refractivity contribution < 1.29 is 4.79 Å². The van der Waals surface area contributed by atoms with Gasteiger partial charge in [0, 0.05) is 26.4 Å². The summed E-state index contributed by atoms with van der Waals surface area (Å²) in [7, 11) is 0. The molecule has 0 bridgehead atoms. The Hall–Kier alpha value is -2.03. The van der Waals surface area contributed by atoms with Crippen LogP contribution in [0.1, 0.15) is 15.9 Å². The molecule has 0 spiro atoms. The number of benzene rings is 3. The lowest BCUT2D eigenvalue weighted by Crippen LogP contribution is -2.25. The molecule has 4 heteroatoms. The standard InChI is InChI=1S/C18H11Cl2NO/c19-12-6-4-11(5-7-12)10-21-16-9-8-15(20)13-2-1-3-14(17(13)16)18(21)22/h1-9H,10H2. The Labute approximate surface area is 137 Å². The number of hydrogen-bond acceptors (Lipinski definition) is 1. The molecule has 4 rings (SSSR count). The third kappa shape index (κ3) is 1.99. The van der Waals surface area contributed by atoms with E-state index >= 15 is 0 Å². The van der Waals surface area contributed by atoms with Crippen LogP contribution in [0.3, 0.4) is 0 Å². The summed E-state index contributed by atoms with van der Waals surface area (Å²) < 4.78 is 0. The second kappa shape index (κ2) is 5.01. The summed E-state index contributed by atoms with van der Waals surface area (Å²) >= 11 is 12.2. The molecule has 0 unspecified atom stereocenters. The Morgan fingerprint density at radius 2 is 1.68 bits per heavy atom. The van der Waals surface area contributed by atoms with Crippen molar-refractivity contribution in [1.29, 1.82) is 0 Å². The maximum Gasteiger partial charge on any atom is 0.259 e. The van der Waals surface area contributed by atoms with E-state index in [1.54, 1.807) is 4.90 Å². The summed E-state index contributed by atoms with van der Waals surface area (Å²) in [5.41, 5.74) is 2.66. The Morgan fingerprint density at radius 1 is 0.909 bits per heavy atom. The first kappa shape index (κ1) is 13.6. The van der Waals surface area contributed by atoms with E-state index in [0.29, 0.717) is 22.2 Å². The Bertz CT molecular complexity index is 903. The number of anilines is 1. The molecule has 0 fully saturated rings. The van der Waals surface area contributed by atoms with Crippen molar-refractivity contribution in [2.75, 3.05) is 4.90 Å². The minimum absolute atomic E-state index is 0.0119. The summed E-state index contributed by atoms with van der Waals surface area (Å²) in [6.07, 6.45) is 0. The van der Waals surface area contributed by atoms with E-state index in [2.05, 4.69) is 0 Å². The number of carbonyl (C=O) groups is 1. The van der Waals surface area contributed by atoms with Crippen LogP contribution in [0, 0.1) is 0 Å². The van der Waals surface area contributed by atoms with Crippen LogP contribution in [0.25, 0.3) is 10.8 Å². The van der Waals surface area contributed by atoms with E-state index in [4.69, 9.17) is 23.2 Å². The van der Waals surface area contributed by atoms with Crippen molar-refractivity contribution >= 4 is 45.6 Å². The zero-order valence-electron chi connectivity index (χ0n) is 11.5. The molecule has 0 atom stereocenters. The van der Waals surface area contributed by atoms with Gasteiger partial charge in [0.05, 0.1) is 12.2 Å². The molecule has 0 radical (unpaired) electrons. The number of carbonyl (C=O) groups excluding carboxylic acids is 1. The lowest BCUT2D eigenvalue weighted by molar-refractivity contribution is 0.0991. The Kier molecular flexibility index (Phi) is 3.10. The predicted molar refractivity (Wildman–Crippen MR) is 90.9 cm³/mol. The predicted octanol–water partition coefficient (Wildman–Crippen LogP) is 5.31. The van der Waals surface area contributed by atoms with Crippen LogP contribution in [0.2, 0.25) is 10.0 Å². The van der Waals surface area contributed by atoms with Crippen LogP contribution in [-0.2, 0) is 6.54 Å². The number of halogens is 2. The zero-order chi connectivity index (χ0) is 15.3. The van der Waals surface area contributed by atoms with Crippen molar-refractivity contribution in [3.63, 3.8) is 0 Å². The normalized spacial score (nSPS) is 13.2. The first-order valence-electron chi connectivity index (χ1n) is 6.93. The van der Waals surface area contributed by atoms with Gasteiger partial charge in [0.1, 0.15) is 0 Å². The number of amides is 1. The molecule has 1 aliphatic rings. The number of nitrogens with zero attached hydrogens (tertiary/aromatic N) is 1. The first-order valence-corrected chi connectivity index (χ1v) is 7.68. The van der Waals surface area contributed by atoms with Gasteiger partial charge in [-0.15, -0.1) is 0 Å². The molecule has 1 aliphatic heterocycles. The number of hydrogen-bond donors (Lipinski definition) is 0. The first-order chi connectivity index (χ1) is 10.6. The second-order valence-electron chi connectivity index (χ2n) is 5.31. The summed E-state index contributed by atoms with van der Waals surface area (Å²) in [6.45, 7) is 0.515. The lowest BCUT2D eigenvalue weighted by atomic mass is 10.1. The van der Waals surface area contributed by atoms with Crippen LogP contribution < -0.4 is 4.90 Å². The molecule has 2 nitrogen and oxygen atoms in total. The maximum atomic E-state index is 12.7. The largest absolute Gasteiger partial charge is 0.303 e. The molecule has 0 N–H and O–H groups in total. The van der Waals surface area contributed by atoms with E-state index in [1.807, 2.05) is 54.6 Å². The minimum Gasteiger partial charge on any atom is -0.303 e. The van der Waals surface area contributed by atoms with E-state index in [-0.39, 0.29) is 5.91 Å². The van der Waals surface area contributed by atoms with E-state index < -0.39 is 0 Å². The van der Waals surface area contributed by atoms with Crippen LogP contribution in [0.15, 0.2) is 54.6 Å². The summed E-state index contributed by atoms with van der Waals surface area (Å²) in [5, 5.41) is 3.22. The fourth-order valence-corrected chi connectivity index (χ4v) is 3.29. The molecular weight excluding hydrogens is 317 g/mol. The third-order valence-electron chi connectivity index (χ3n) is 3.99. The van der Waals surface area contributed by atoms with Crippen molar-refractivity contribution in [2.24, 2.45) is 0 Å². The molecule has 1 heterocycles. The van der Waals surface area contributed by atoms with E-state index in [9.17, 15) is 4.79 Å². The average Bonchev–Trinajstić information content (AvgIpc) is 2.80. The fraction of sp³-hybridized carbons (Fsp3) is 0.0556. The molecule has 0 saturated carbocycles. The number of rotatable bonds is 2. The van der Waals surface area contributed by atoms with Crippen LogP contribution in [-0.4, -0.2) is 5.91 Å². The van der Waals surface area contributed by atoms with Gasteiger partial charge in [-0.05, 0) is 35.9 Å². The van der Waals surface area contributed by atoms with E-state index in [0.717, 1.165) is 22.0 Å². The molecule has 0 aliphatic carbocycles. The van der Waals surface area contributed by atoms with Crippen LogP contribution in [0.4, 0.5) is 5.69 Å². The fourth-order valence-electron chi connectivity index (χ4n) is 2.94. The highest BCUT2D eigenvalue weighted by atomic mass is 35.5. The third-order valence-corrected chi connectivity index (χ3v) is 4.57. The summed E-state index contributed by atoms with van der Waals surface area (Å²) in [6, 6.07) is 17.0. The van der Waals surface area contributed by atoms with Gasteiger partial charge < -0.3 is 4.90 Å². The maximum absolute atomic E-state index is 12.7. The van der Waals surface area contributed by atoms with Gasteiger partial charge in [-0.25, -0.2) is 0 Å². The molecule has 0 aromatic heterocycles. The topological polar surface area (TPSA) is 20.3 Å². The smallest absolute Gasteiger partial charge is 0.259 e. The Balaban J connectivity index is 1.83. The summed E-state index contributed by atoms with van der Waals surface area (Å²) in [5.74, 6) is 0.0119. The van der Waals surface area contributed by atoms with Crippen molar-refractivity contribution in [3.8, 4) is 0 Å². The van der Waals surface area contributed by atoms with Gasteiger partial charge in [0.15, 0.2) is 0 Å². The second-order valence-corrected chi connectivity index (χ2v) is 6.16. The highest BCUT2D eigenvalue weighted by Gasteiger charge is 2.30. The molecular formula is C18H11Cl2NO. The van der Waals surface area contributed by atoms with Crippen molar-refractivity contribution in [3.05, 3.63) is 75.8 Å². The van der Waals surface area contributed by atoms with Crippen molar-refractivity contribution in [2.45, 2.75) is 6.54 Å². The van der Waals surface area contributed by atoms with Gasteiger partial charge in [-0.1, -0.05) is 47.5 Å². The molecule has 3 aromatic rings. The minimum atomic E-state index is 0.0119. The average molecular weight is 328 g/mol. The van der Waals surface area contributed by atoms with Gasteiger partial charge in [-0.3, -0.25) is 4.79 Å². The monoisotopic (exact) mass is 327 g/mol. The molecule has 0 saturated heterocycles. The highest BCUT2D eigenvalue weighted by Crippen LogP contribution is 2.40. The lowest BCUT2D eigenvalue weighted by Gasteiger charge is -2.18. The molecule has 22 heavy (non-hydrogen) atoms. The van der Waals surface area contributed by atoms with Crippen molar-refractivity contribution in [1.82, 2.24) is 0 Å². The van der Waals surface area contributed by atoms with Crippen LogP contribution >= 0.6 is 23.2 Å². The quantitative estimate of drug-likeness (QED) is 0.624. The van der Waals surface area contributed by atoms with Crippen LogP contribution in [0.5, 0.6) is 0 Å². The van der Waals surface area contributed by atoms with Gasteiger partial charge in [-0.2, -0.15) is 0 Å². The van der Waals surface area contributed by atoms with E-state index in [1.165, 1.54) is 0 Å². The van der Waals surface area contributed by atoms with Gasteiger partial charge in [0.25, 0.3) is 5.91 Å². The molecule has 1 amide bonds. The van der Waals surface area contributed by atoms with Gasteiger partial charge >= 0.3 is 0 Å². The Morgan fingerprint density at radius 3 is 2.45 bits per heavy atom. The summed E-state index contributed by atoms with van der Waals surface area (Å²) in [4.78, 5) is 14.5. The highest BCUT2D eigenvalue weighted by molar-refractivity contribution is 6.38.